The Morgan fingerprint density at radius 2 is 2.21 bits per heavy atom. The number of fused-ring (bicyclic) bond motifs is 1. The van der Waals surface area contributed by atoms with Crippen molar-refractivity contribution in [3.63, 3.8) is 0 Å². The standard InChI is InChI=1S/C13H22N6/c1-4-19-12-11(9(2)16-19)15-13(14)18(12)8-10-5-6-17(3)7-10/h10H,4-8H2,1-3H3,(H2,14,15). The summed E-state index contributed by atoms with van der Waals surface area (Å²) in [5.74, 6) is 1.28. The molecular formula is C13H22N6. The van der Waals surface area contributed by atoms with Crippen molar-refractivity contribution in [3.05, 3.63) is 5.69 Å². The minimum absolute atomic E-state index is 0.618. The van der Waals surface area contributed by atoms with Crippen LogP contribution in [0.5, 0.6) is 0 Å². The number of nitrogens with zero attached hydrogens (tertiary/aromatic N) is 5. The van der Waals surface area contributed by atoms with Gasteiger partial charge < -0.3 is 10.6 Å². The zero-order valence-corrected chi connectivity index (χ0v) is 11.9. The molecular weight excluding hydrogens is 240 g/mol. The van der Waals surface area contributed by atoms with E-state index in [9.17, 15) is 0 Å². The number of imidazole rings is 1. The number of aromatic nitrogens is 4. The SMILES string of the molecule is CCn1nc(C)c2nc(N)n(CC3CCN(C)C3)c21. The van der Waals surface area contributed by atoms with Gasteiger partial charge >= 0.3 is 0 Å². The fourth-order valence-corrected chi connectivity index (χ4v) is 3.08. The first-order valence-electron chi connectivity index (χ1n) is 6.97. The number of anilines is 1. The number of likely N-dealkylation sites (tertiary alicyclic amines) is 1. The first-order chi connectivity index (χ1) is 9.10. The molecule has 2 N–H and O–H groups in total. The molecule has 0 amide bonds. The van der Waals surface area contributed by atoms with Gasteiger partial charge in [0.1, 0.15) is 5.52 Å². The summed E-state index contributed by atoms with van der Waals surface area (Å²) in [7, 11) is 2.17. The van der Waals surface area contributed by atoms with E-state index in [-0.39, 0.29) is 0 Å². The predicted octanol–water partition coefficient (Wildman–Crippen LogP) is 1.10. The van der Waals surface area contributed by atoms with E-state index in [0.717, 1.165) is 36.5 Å². The van der Waals surface area contributed by atoms with E-state index in [2.05, 4.69) is 33.5 Å². The van der Waals surface area contributed by atoms with Gasteiger partial charge in [-0.15, -0.1) is 0 Å². The number of hydrogen-bond acceptors (Lipinski definition) is 4. The predicted molar refractivity (Wildman–Crippen MR) is 75.9 cm³/mol. The van der Waals surface area contributed by atoms with Crippen molar-refractivity contribution in [2.45, 2.75) is 33.4 Å². The monoisotopic (exact) mass is 262 g/mol. The molecule has 0 radical (unpaired) electrons. The summed E-state index contributed by atoms with van der Waals surface area (Å²) >= 11 is 0. The third kappa shape index (κ3) is 2.00. The van der Waals surface area contributed by atoms with Gasteiger partial charge in [-0.3, -0.25) is 4.57 Å². The highest BCUT2D eigenvalue weighted by Crippen LogP contribution is 2.25. The maximum atomic E-state index is 6.10. The normalized spacial score (nSPS) is 20.7. The van der Waals surface area contributed by atoms with Crippen molar-refractivity contribution in [1.82, 2.24) is 24.2 Å². The average Bonchev–Trinajstić information content (AvgIpc) is 3.00. The van der Waals surface area contributed by atoms with Crippen LogP contribution in [0.4, 0.5) is 5.95 Å². The highest BCUT2D eigenvalue weighted by atomic mass is 15.4. The largest absolute Gasteiger partial charge is 0.369 e. The van der Waals surface area contributed by atoms with Gasteiger partial charge in [-0.05, 0) is 39.8 Å². The van der Waals surface area contributed by atoms with Crippen LogP contribution < -0.4 is 5.73 Å². The van der Waals surface area contributed by atoms with Crippen LogP contribution in [0, 0.1) is 12.8 Å². The van der Waals surface area contributed by atoms with E-state index < -0.39 is 0 Å². The summed E-state index contributed by atoms with van der Waals surface area (Å²) in [6, 6.07) is 0. The van der Waals surface area contributed by atoms with Crippen molar-refractivity contribution < 1.29 is 0 Å². The molecule has 19 heavy (non-hydrogen) atoms. The second-order valence-electron chi connectivity index (χ2n) is 5.57. The van der Waals surface area contributed by atoms with Crippen molar-refractivity contribution in [2.75, 3.05) is 25.9 Å². The topological polar surface area (TPSA) is 64.9 Å². The van der Waals surface area contributed by atoms with Gasteiger partial charge in [0.2, 0.25) is 5.95 Å². The zero-order chi connectivity index (χ0) is 13.6. The summed E-state index contributed by atoms with van der Waals surface area (Å²) < 4.78 is 4.15. The summed E-state index contributed by atoms with van der Waals surface area (Å²) in [5, 5.41) is 4.53. The van der Waals surface area contributed by atoms with E-state index in [1.807, 2.05) is 11.6 Å². The first kappa shape index (κ1) is 12.5. The molecule has 0 saturated carbocycles. The lowest BCUT2D eigenvalue weighted by Gasteiger charge is -2.13. The minimum Gasteiger partial charge on any atom is -0.369 e. The van der Waals surface area contributed by atoms with Crippen molar-refractivity contribution in [3.8, 4) is 0 Å². The quantitative estimate of drug-likeness (QED) is 0.899. The molecule has 2 aromatic heterocycles. The molecule has 3 heterocycles. The lowest BCUT2D eigenvalue weighted by molar-refractivity contribution is 0.379. The Kier molecular flexibility index (Phi) is 2.97. The van der Waals surface area contributed by atoms with Crippen LogP contribution >= 0.6 is 0 Å². The van der Waals surface area contributed by atoms with Gasteiger partial charge in [-0.1, -0.05) is 0 Å². The molecule has 104 valence electrons. The molecule has 1 aliphatic heterocycles. The van der Waals surface area contributed by atoms with Crippen molar-refractivity contribution >= 4 is 17.1 Å². The maximum Gasteiger partial charge on any atom is 0.202 e. The fraction of sp³-hybridized carbons (Fsp3) is 0.692. The summed E-state index contributed by atoms with van der Waals surface area (Å²) in [6.45, 7) is 8.20. The molecule has 1 saturated heterocycles. The van der Waals surface area contributed by atoms with Crippen LogP contribution in [0.1, 0.15) is 19.0 Å². The number of hydrogen-bond donors (Lipinski definition) is 1. The summed E-state index contributed by atoms with van der Waals surface area (Å²) in [5.41, 5.74) is 9.09. The Morgan fingerprint density at radius 1 is 1.42 bits per heavy atom. The highest BCUT2D eigenvalue weighted by Gasteiger charge is 2.23. The minimum atomic E-state index is 0.618. The molecule has 0 bridgehead atoms. The Morgan fingerprint density at radius 3 is 2.84 bits per heavy atom. The molecule has 6 nitrogen and oxygen atoms in total. The number of aryl methyl sites for hydroxylation is 2. The molecule has 6 heteroatoms. The highest BCUT2D eigenvalue weighted by molar-refractivity contribution is 5.77. The second kappa shape index (κ2) is 4.52. The van der Waals surface area contributed by atoms with Crippen LogP contribution in [-0.4, -0.2) is 44.4 Å². The van der Waals surface area contributed by atoms with Gasteiger partial charge in [0.15, 0.2) is 5.65 Å². The Bertz CT molecular complexity index is 596. The second-order valence-corrected chi connectivity index (χ2v) is 5.57. The molecule has 3 rings (SSSR count). The average molecular weight is 262 g/mol. The van der Waals surface area contributed by atoms with Crippen molar-refractivity contribution in [2.24, 2.45) is 5.92 Å². The Labute approximate surface area is 113 Å². The van der Waals surface area contributed by atoms with Gasteiger partial charge in [0, 0.05) is 19.6 Å². The van der Waals surface area contributed by atoms with E-state index >= 15 is 0 Å². The van der Waals surface area contributed by atoms with E-state index in [0.29, 0.717) is 11.9 Å². The molecule has 2 aromatic rings. The van der Waals surface area contributed by atoms with Gasteiger partial charge in [-0.25, -0.2) is 9.67 Å². The summed E-state index contributed by atoms with van der Waals surface area (Å²) in [4.78, 5) is 6.86. The van der Waals surface area contributed by atoms with Gasteiger partial charge in [-0.2, -0.15) is 5.10 Å². The van der Waals surface area contributed by atoms with Gasteiger partial charge in [0.05, 0.1) is 5.69 Å². The molecule has 1 aliphatic rings. The zero-order valence-electron chi connectivity index (χ0n) is 11.9. The Balaban J connectivity index is 1.99. The lowest BCUT2D eigenvalue weighted by atomic mass is 10.1. The van der Waals surface area contributed by atoms with Crippen LogP contribution in [0.3, 0.4) is 0 Å². The van der Waals surface area contributed by atoms with E-state index in [4.69, 9.17) is 5.73 Å². The molecule has 0 aromatic carbocycles. The smallest absolute Gasteiger partial charge is 0.202 e. The fourth-order valence-electron chi connectivity index (χ4n) is 3.08. The third-order valence-electron chi connectivity index (χ3n) is 4.06. The van der Waals surface area contributed by atoms with Crippen LogP contribution in [0.15, 0.2) is 0 Å². The van der Waals surface area contributed by atoms with Crippen LogP contribution in [-0.2, 0) is 13.1 Å². The molecule has 0 spiro atoms. The third-order valence-corrected chi connectivity index (χ3v) is 4.06. The first-order valence-corrected chi connectivity index (χ1v) is 6.97. The maximum absolute atomic E-state index is 6.10. The number of rotatable bonds is 3. The van der Waals surface area contributed by atoms with Gasteiger partial charge in [0.25, 0.3) is 0 Å². The molecule has 0 aliphatic carbocycles. The van der Waals surface area contributed by atoms with Crippen LogP contribution in [0.2, 0.25) is 0 Å². The lowest BCUT2D eigenvalue weighted by Crippen LogP contribution is -2.18. The Hall–Kier alpha value is -1.56. The molecule has 1 fully saturated rings. The number of nitrogens with two attached hydrogens (primary N) is 1. The molecule has 1 atom stereocenters. The number of nitrogen functional groups attached to an aromatic ring is 1. The molecule has 1 unspecified atom stereocenters. The van der Waals surface area contributed by atoms with Crippen molar-refractivity contribution in [1.29, 1.82) is 0 Å². The summed E-state index contributed by atoms with van der Waals surface area (Å²) in [6.07, 6.45) is 1.23. The van der Waals surface area contributed by atoms with Crippen LogP contribution in [0.25, 0.3) is 11.2 Å². The van der Waals surface area contributed by atoms with E-state index in [1.54, 1.807) is 0 Å². The van der Waals surface area contributed by atoms with E-state index in [1.165, 1.54) is 13.0 Å².